The van der Waals surface area contributed by atoms with Crippen molar-refractivity contribution in [3.63, 3.8) is 0 Å². The Morgan fingerprint density at radius 1 is 1.16 bits per heavy atom. The molecule has 134 valence electrons. The van der Waals surface area contributed by atoms with Crippen LogP contribution in [0.3, 0.4) is 0 Å². The summed E-state index contributed by atoms with van der Waals surface area (Å²) in [6.45, 7) is 1.03. The van der Waals surface area contributed by atoms with Crippen molar-refractivity contribution >= 4 is 26.7 Å². The van der Waals surface area contributed by atoms with Gasteiger partial charge in [0.15, 0.2) is 0 Å². The molecule has 7 heteroatoms. The lowest BCUT2D eigenvalue weighted by Gasteiger charge is -2.32. The van der Waals surface area contributed by atoms with Gasteiger partial charge in [0.2, 0.25) is 10.0 Å². The predicted molar refractivity (Wildman–Crippen MR) is 97.8 cm³/mol. The minimum Gasteiger partial charge on any atom is -0.392 e. The van der Waals surface area contributed by atoms with Crippen LogP contribution in [0.2, 0.25) is 0 Å². The zero-order chi connectivity index (χ0) is 17.4. The molecule has 0 unspecified atom stereocenters. The lowest BCUT2D eigenvalue weighted by Crippen LogP contribution is -2.43. The van der Waals surface area contributed by atoms with Crippen molar-refractivity contribution in [1.29, 1.82) is 0 Å². The molecule has 2 heterocycles. The summed E-state index contributed by atoms with van der Waals surface area (Å²) in [5.41, 5.74) is 1.66. The van der Waals surface area contributed by atoms with Crippen LogP contribution >= 0.6 is 0 Å². The van der Waals surface area contributed by atoms with Crippen molar-refractivity contribution < 1.29 is 13.5 Å². The lowest BCUT2D eigenvalue weighted by molar-refractivity contribution is 0.281. The van der Waals surface area contributed by atoms with E-state index in [2.05, 4.69) is 10.3 Å². The molecule has 4 rings (SSSR count). The number of aromatic nitrogens is 1. The van der Waals surface area contributed by atoms with Crippen LogP contribution in [-0.2, 0) is 16.6 Å². The molecule has 0 radical (unpaired) electrons. The van der Waals surface area contributed by atoms with Crippen LogP contribution in [0.5, 0.6) is 0 Å². The van der Waals surface area contributed by atoms with E-state index in [4.69, 9.17) is 0 Å². The molecule has 1 saturated carbocycles. The van der Waals surface area contributed by atoms with Gasteiger partial charge in [-0.2, -0.15) is 0 Å². The highest BCUT2D eigenvalue weighted by atomic mass is 32.2. The normalized spacial score (nSPS) is 20.0. The smallest absolute Gasteiger partial charge is 0.216 e. The highest BCUT2D eigenvalue weighted by molar-refractivity contribution is 7.90. The van der Waals surface area contributed by atoms with Gasteiger partial charge in [-0.1, -0.05) is 18.2 Å². The van der Waals surface area contributed by atoms with Crippen molar-refractivity contribution in [3.05, 3.63) is 35.9 Å². The second-order valence-electron chi connectivity index (χ2n) is 6.91. The van der Waals surface area contributed by atoms with E-state index in [1.807, 2.05) is 30.3 Å². The summed E-state index contributed by atoms with van der Waals surface area (Å²) in [5.74, 6) is 0.699. The number of piperidine rings is 1. The van der Waals surface area contributed by atoms with Gasteiger partial charge in [0.1, 0.15) is 5.82 Å². The topological polar surface area (TPSA) is 82.5 Å². The van der Waals surface area contributed by atoms with Crippen molar-refractivity contribution in [2.75, 3.05) is 18.4 Å². The molecule has 2 fully saturated rings. The monoisotopic (exact) mass is 361 g/mol. The SMILES string of the molecule is O=S(=O)(C1CC1)N1CCC(Nc2nc3ccccc3cc2CO)CC1. The molecule has 6 nitrogen and oxygen atoms in total. The molecule has 0 amide bonds. The summed E-state index contributed by atoms with van der Waals surface area (Å²) in [5, 5.41) is 13.9. The molecule has 0 spiro atoms. The minimum absolute atomic E-state index is 0.0743. The quantitative estimate of drug-likeness (QED) is 0.852. The van der Waals surface area contributed by atoms with Crippen LogP contribution in [-0.4, -0.2) is 47.2 Å². The number of para-hydroxylation sites is 1. The van der Waals surface area contributed by atoms with Gasteiger partial charge in [-0.3, -0.25) is 0 Å². The van der Waals surface area contributed by atoms with Gasteiger partial charge < -0.3 is 10.4 Å². The number of anilines is 1. The highest BCUT2D eigenvalue weighted by Crippen LogP contribution is 2.32. The van der Waals surface area contributed by atoms with Crippen molar-refractivity contribution in [2.45, 2.75) is 43.6 Å². The first-order valence-electron chi connectivity index (χ1n) is 8.83. The molecule has 0 atom stereocenters. The van der Waals surface area contributed by atoms with Crippen molar-refractivity contribution in [1.82, 2.24) is 9.29 Å². The summed E-state index contributed by atoms with van der Waals surface area (Å²) in [7, 11) is -3.08. The Morgan fingerprint density at radius 3 is 2.56 bits per heavy atom. The van der Waals surface area contributed by atoms with E-state index in [9.17, 15) is 13.5 Å². The van der Waals surface area contributed by atoms with Gasteiger partial charge >= 0.3 is 0 Å². The Bertz CT molecular complexity index is 872. The first kappa shape index (κ1) is 16.8. The van der Waals surface area contributed by atoms with Crippen molar-refractivity contribution in [2.24, 2.45) is 0 Å². The van der Waals surface area contributed by atoms with Crippen LogP contribution in [0, 0.1) is 0 Å². The molecule has 2 aliphatic rings. The highest BCUT2D eigenvalue weighted by Gasteiger charge is 2.41. The van der Waals surface area contributed by atoms with Gasteiger partial charge in [-0.25, -0.2) is 17.7 Å². The Balaban J connectivity index is 1.47. The summed E-state index contributed by atoms with van der Waals surface area (Å²) < 4.78 is 26.3. The lowest BCUT2D eigenvalue weighted by atomic mass is 10.1. The van der Waals surface area contributed by atoms with Crippen LogP contribution in [0.4, 0.5) is 5.82 Å². The number of fused-ring (bicyclic) bond motifs is 1. The molecule has 2 aromatic rings. The van der Waals surface area contributed by atoms with Gasteiger partial charge in [0, 0.05) is 30.1 Å². The van der Waals surface area contributed by atoms with E-state index in [0.717, 1.165) is 42.1 Å². The van der Waals surface area contributed by atoms with Crippen molar-refractivity contribution in [3.8, 4) is 0 Å². The number of hydrogen-bond acceptors (Lipinski definition) is 5. The average Bonchev–Trinajstić information content (AvgIpc) is 3.47. The number of aliphatic hydroxyl groups is 1. The average molecular weight is 361 g/mol. The van der Waals surface area contributed by atoms with E-state index in [1.165, 1.54) is 0 Å². The zero-order valence-electron chi connectivity index (χ0n) is 14.1. The summed E-state index contributed by atoms with van der Waals surface area (Å²) >= 11 is 0. The number of nitrogens with zero attached hydrogens (tertiary/aromatic N) is 2. The number of pyridine rings is 1. The van der Waals surface area contributed by atoms with Gasteiger partial charge in [-0.15, -0.1) is 0 Å². The Kier molecular flexibility index (Phi) is 4.39. The molecule has 1 aromatic carbocycles. The summed E-state index contributed by atoms with van der Waals surface area (Å²) in [6.07, 6.45) is 3.12. The molecule has 1 saturated heterocycles. The Morgan fingerprint density at radius 2 is 1.88 bits per heavy atom. The maximum atomic E-state index is 12.3. The molecule has 0 bridgehead atoms. The fourth-order valence-electron chi connectivity index (χ4n) is 3.43. The molecule has 1 aliphatic carbocycles. The van der Waals surface area contributed by atoms with Gasteiger partial charge in [0.25, 0.3) is 0 Å². The van der Waals surface area contributed by atoms with Gasteiger partial charge in [-0.05, 0) is 37.8 Å². The first-order chi connectivity index (χ1) is 12.1. The third-order valence-corrected chi connectivity index (χ3v) is 7.47. The van der Waals surface area contributed by atoms with E-state index in [1.54, 1.807) is 4.31 Å². The molecule has 2 N–H and O–H groups in total. The summed E-state index contributed by atoms with van der Waals surface area (Å²) in [4.78, 5) is 4.64. The van der Waals surface area contributed by atoms with Crippen LogP contribution < -0.4 is 5.32 Å². The van der Waals surface area contributed by atoms with Gasteiger partial charge in [0.05, 0.1) is 17.4 Å². The van der Waals surface area contributed by atoms with E-state index in [-0.39, 0.29) is 17.9 Å². The second kappa shape index (κ2) is 6.55. The Labute approximate surface area is 147 Å². The standard InChI is InChI=1S/C18H23N3O3S/c22-12-14-11-13-3-1-2-4-17(13)20-18(14)19-15-7-9-21(10-8-15)25(23,24)16-5-6-16/h1-4,11,15-16,22H,5-10,12H2,(H,19,20). The predicted octanol–water partition coefficient (Wildman–Crippen LogP) is 2.10. The number of aliphatic hydroxyl groups excluding tert-OH is 1. The zero-order valence-corrected chi connectivity index (χ0v) is 14.9. The van der Waals surface area contributed by atoms with Crippen LogP contribution in [0.1, 0.15) is 31.2 Å². The largest absolute Gasteiger partial charge is 0.392 e. The number of sulfonamides is 1. The fraction of sp³-hybridized carbons (Fsp3) is 0.500. The summed E-state index contributed by atoms with van der Waals surface area (Å²) in [6, 6.07) is 9.95. The molecule has 25 heavy (non-hydrogen) atoms. The molecular weight excluding hydrogens is 338 g/mol. The maximum absolute atomic E-state index is 12.3. The van der Waals surface area contributed by atoms with Crippen LogP contribution in [0.25, 0.3) is 10.9 Å². The van der Waals surface area contributed by atoms with E-state index < -0.39 is 10.0 Å². The molecule has 1 aromatic heterocycles. The maximum Gasteiger partial charge on any atom is 0.216 e. The number of nitrogens with one attached hydrogen (secondary N) is 1. The van der Waals surface area contributed by atoms with Crippen LogP contribution in [0.15, 0.2) is 30.3 Å². The Hall–Kier alpha value is -1.70. The first-order valence-corrected chi connectivity index (χ1v) is 10.3. The minimum atomic E-state index is -3.08. The number of hydrogen-bond donors (Lipinski definition) is 2. The molecule has 1 aliphatic heterocycles. The molecular formula is C18H23N3O3S. The third kappa shape index (κ3) is 3.36. The van der Waals surface area contributed by atoms with E-state index >= 15 is 0 Å². The van der Waals surface area contributed by atoms with E-state index in [0.29, 0.717) is 18.9 Å². The fourth-order valence-corrected chi connectivity index (χ4v) is 5.30. The third-order valence-electron chi connectivity index (χ3n) is 5.07. The second-order valence-corrected chi connectivity index (χ2v) is 9.12. The number of benzene rings is 1. The number of rotatable bonds is 5.